The quantitative estimate of drug-likeness (QED) is 0.869. The molecule has 0 aliphatic rings. The fraction of sp³-hybridized carbons (Fsp3) is 0.167. The van der Waals surface area contributed by atoms with E-state index in [0.717, 1.165) is 0 Å². The van der Waals surface area contributed by atoms with Crippen LogP contribution in [0.1, 0.15) is 21.7 Å². The van der Waals surface area contributed by atoms with Gasteiger partial charge in [-0.1, -0.05) is 17.3 Å². The van der Waals surface area contributed by atoms with Crippen molar-refractivity contribution < 1.29 is 18.8 Å². The van der Waals surface area contributed by atoms with Crippen molar-refractivity contribution in [1.82, 2.24) is 5.16 Å². The Morgan fingerprint density at radius 3 is 2.76 bits per heavy atom. The Morgan fingerprint density at radius 2 is 2.12 bits per heavy atom. The van der Waals surface area contributed by atoms with Crippen LogP contribution in [0.25, 0.3) is 11.3 Å². The Balaban J connectivity index is 2.69. The van der Waals surface area contributed by atoms with Gasteiger partial charge in [0.1, 0.15) is 22.8 Å². The van der Waals surface area contributed by atoms with Crippen molar-refractivity contribution >= 4 is 5.97 Å². The highest BCUT2D eigenvalue weighted by molar-refractivity contribution is 5.96. The van der Waals surface area contributed by atoms with Crippen LogP contribution in [-0.2, 0) is 0 Å². The number of halogens is 1. The van der Waals surface area contributed by atoms with Gasteiger partial charge < -0.3 is 9.63 Å². The number of hydrogen-bond acceptors (Lipinski definition) is 3. The van der Waals surface area contributed by atoms with Crippen LogP contribution in [0.4, 0.5) is 4.39 Å². The number of hydrogen-bond donors (Lipinski definition) is 1. The van der Waals surface area contributed by atoms with Crippen LogP contribution >= 0.6 is 0 Å². The fourth-order valence-corrected chi connectivity index (χ4v) is 1.67. The molecule has 4 nitrogen and oxygen atoms in total. The number of benzene rings is 1. The van der Waals surface area contributed by atoms with Crippen molar-refractivity contribution in [3.8, 4) is 11.3 Å². The van der Waals surface area contributed by atoms with Crippen molar-refractivity contribution in [2.75, 3.05) is 0 Å². The molecule has 0 fully saturated rings. The van der Waals surface area contributed by atoms with Gasteiger partial charge in [-0.3, -0.25) is 0 Å². The average Bonchev–Trinajstić information content (AvgIpc) is 2.64. The van der Waals surface area contributed by atoms with E-state index in [1.807, 2.05) is 0 Å². The number of aromatic nitrogens is 1. The van der Waals surface area contributed by atoms with Gasteiger partial charge >= 0.3 is 5.97 Å². The molecular weight excluding hydrogens is 225 g/mol. The lowest BCUT2D eigenvalue weighted by Gasteiger charge is -2.03. The Labute approximate surface area is 96.7 Å². The maximum atomic E-state index is 13.4. The SMILES string of the molecule is Cc1onc(-c2cccc(F)c2C)c1C(=O)O. The zero-order chi connectivity index (χ0) is 12.6. The van der Waals surface area contributed by atoms with Gasteiger partial charge in [0, 0.05) is 5.56 Å². The predicted molar refractivity (Wildman–Crippen MR) is 58.3 cm³/mol. The maximum absolute atomic E-state index is 13.4. The first kappa shape index (κ1) is 11.3. The van der Waals surface area contributed by atoms with E-state index in [0.29, 0.717) is 11.1 Å². The second kappa shape index (κ2) is 4.01. The van der Waals surface area contributed by atoms with E-state index in [1.54, 1.807) is 13.0 Å². The Morgan fingerprint density at radius 1 is 1.41 bits per heavy atom. The number of aromatic carboxylic acids is 1. The van der Waals surface area contributed by atoms with Gasteiger partial charge in [-0.05, 0) is 25.5 Å². The van der Waals surface area contributed by atoms with E-state index >= 15 is 0 Å². The van der Waals surface area contributed by atoms with Gasteiger partial charge in [0.05, 0.1) is 0 Å². The molecule has 5 heteroatoms. The lowest BCUT2D eigenvalue weighted by molar-refractivity contribution is 0.0696. The Kier molecular flexibility index (Phi) is 2.67. The van der Waals surface area contributed by atoms with Gasteiger partial charge in [-0.2, -0.15) is 0 Å². The molecule has 0 atom stereocenters. The third-order valence-electron chi connectivity index (χ3n) is 2.60. The molecule has 1 heterocycles. The summed E-state index contributed by atoms with van der Waals surface area (Å²) >= 11 is 0. The first-order valence-corrected chi connectivity index (χ1v) is 4.97. The second-order valence-corrected chi connectivity index (χ2v) is 3.68. The number of nitrogens with zero attached hydrogens (tertiary/aromatic N) is 1. The summed E-state index contributed by atoms with van der Waals surface area (Å²) in [6.45, 7) is 3.08. The van der Waals surface area contributed by atoms with Crippen LogP contribution in [0.2, 0.25) is 0 Å². The van der Waals surface area contributed by atoms with Crippen molar-refractivity contribution in [3.63, 3.8) is 0 Å². The summed E-state index contributed by atoms with van der Waals surface area (Å²) in [5.41, 5.74) is 0.910. The van der Waals surface area contributed by atoms with E-state index < -0.39 is 11.8 Å². The molecule has 1 aromatic heterocycles. The summed E-state index contributed by atoms with van der Waals surface area (Å²) in [7, 11) is 0. The molecule has 1 aromatic carbocycles. The molecule has 2 rings (SSSR count). The number of carboxylic acids is 1. The van der Waals surface area contributed by atoms with Crippen LogP contribution in [0, 0.1) is 19.7 Å². The van der Waals surface area contributed by atoms with E-state index in [1.165, 1.54) is 19.1 Å². The van der Waals surface area contributed by atoms with Crippen LogP contribution in [0.3, 0.4) is 0 Å². The average molecular weight is 235 g/mol. The second-order valence-electron chi connectivity index (χ2n) is 3.68. The molecule has 0 aliphatic heterocycles. The molecule has 17 heavy (non-hydrogen) atoms. The zero-order valence-corrected chi connectivity index (χ0v) is 9.32. The molecule has 88 valence electrons. The molecular formula is C12H10FNO3. The molecule has 1 N–H and O–H groups in total. The summed E-state index contributed by atoms with van der Waals surface area (Å²) in [4.78, 5) is 11.1. The standard InChI is InChI=1S/C12H10FNO3/c1-6-8(4-3-5-9(6)13)11-10(12(15)16)7(2)17-14-11/h3-5H,1-2H3,(H,15,16). The van der Waals surface area contributed by atoms with Crippen LogP contribution in [0.5, 0.6) is 0 Å². The molecule has 0 saturated heterocycles. The van der Waals surface area contributed by atoms with Gasteiger partial charge in [-0.25, -0.2) is 9.18 Å². The third kappa shape index (κ3) is 1.80. The summed E-state index contributed by atoms with van der Waals surface area (Å²) in [5, 5.41) is 12.7. The fourth-order valence-electron chi connectivity index (χ4n) is 1.67. The lowest BCUT2D eigenvalue weighted by atomic mass is 10.0. The van der Waals surface area contributed by atoms with Crippen molar-refractivity contribution in [2.24, 2.45) is 0 Å². The number of carbonyl (C=O) groups is 1. The van der Waals surface area contributed by atoms with E-state index in [9.17, 15) is 9.18 Å². The van der Waals surface area contributed by atoms with Crippen molar-refractivity contribution in [3.05, 3.63) is 40.9 Å². The summed E-state index contributed by atoms with van der Waals surface area (Å²) in [6.07, 6.45) is 0. The first-order valence-electron chi connectivity index (χ1n) is 4.97. The molecule has 2 aromatic rings. The minimum atomic E-state index is -1.14. The highest BCUT2D eigenvalue weighted by atomic mass is 19.1. The molecule has 0 spiro atoms. The molecule has 0 radical (unpaired) electrons. The van der Waals surface area contributed by atoms with E-state index in [4.69, 9.17) is 9.63 Å². The highest BCUT2D eigenvalue weighted by Gasteiger charge is 2.22. The third-order valence-corrected chi connectivity index (χ3v) is 2.60. The Bertz CT molecular complexity index is 589. The molecule has 0 bridgehead atoms. The van der Waals surface area contributed by atoms with Crippen LogP contribution < -0.4 is 0 Å². The monoisotopic (exact) mass is 235 g/mol. The number of rotatable bonds is 2. The van der Waals surface area contributed by atoms with Gasteiger partial charge in [0.2, 0.25) is 0 Å². The minimum absolute atomic E-state index is 0.0290. The van der Waals surface area contributed by atoms with Gasteiger partial charge in [0.25, 0.3) is 0 Å². The predicted octanol–water partition coefficient (Wildman–Crippen LogP) is 2.80. The largest absolute Gasteiger partial charge is 0.477 e. The molecule has 0 saturated carbocycles. The lowest BCUT2D eigenvalue weighted by Crippen LogP contribution is -2.00. The number of aryl methyl sites for hydroxylation is 1. The summed E-state index contributed by atoms with van der Waals surface area (Å²) in [5.74, 6) is -1.34. The summed E-state index contributed by atoms with van der Waals surface area (Å²) < 4.78 is 18.3. The normalized spacial score (nSPS) is 10.5. The van der Waals surface area contributed by atoms with Crippen molar-refractivity contribution in [1.29, 1.82) is 0 Å². The van der Waals surface area contributed by atoms with Crippen LogP contribution in [-0.4, -0.2) is 16.2 Å². The smallest absolute Gasteiger partial charge is 0.341 e. The minimum Gasteiger partial charge on any atom is -0.477 e. The zero-order valence-electron chi connectivity index (χ0n) is 9.32. The number of carboxylic acid groups (broad SMARTS) is 1. The Hall–Kier alpha value is -2.17. The summed E-state index contributed by atoms with van der Waals surface area (Å²) in [6, 6.07) is 4.43. The van der Waals surface area contributed by atoms with Crippen LogP contribution in [0.15, 0.2) is 22.7 Å². The highest BCUT2D eigenvalue weighted by Crippen LogP contribution is 2.28. The van der Waals surface area contributed by atoms with Gasteiger partial charge in [-0.15, -0.1) is 0 Å². The van der Waals surface area contributed by atoms with E-state index in [-0.39, 0.29) is 17.0 Å². The maximum Gasteiger partial charge on any atom is 0.341 e. The molecule has 0 unspecified atom stereocenters. The first-order chi connectivity index (χ1) is 8.02. The van der Waals surface area contributed by atoms with E-state index in [2.05, 4.69) is 5.16 Å². The van der Waals surface area contributed by atoms with Crippen molar-refractivity contribution in [2.45, 2.75) is 13.8 Å². The molecule has 0 amide bonds. The van der Waals surface area contributed by atoms with Gasteiger partial charge in [0.15, 0.2) is 0 Å². The molecule has 0 aliphatic carbocycles. The topological polar surface area (TPSA) is 63.3 Å².